The zero-order valence-corrected chi connectivity index (χ0v) is 9.07. The predicted molar refractivity (Wildman–Crippen MR) is 57.5 cm³/mol. The fraction of sp³-hybridized carbons (Fsp3) is 0.500. The summed E-state index contributed by atoms with van der Waals surface area (Å²) in [5.41, 5.74) is 5.52. The summed E-state index contributed by atoms with van der Waals surface area (Å²) in [6.45, 7) is 7.59. The van der Waals surface area contributed by atoms with Gasteiger partial charge in [0.25, 0.3) is 0 Å². The van der Waals surface area contributed by atoms with Crippen LogP contribution in [0.25, 0.3) is 0 Å². The highest BCUT2D eigenvalue weighted by Gasteiger charge is 1.95. The summed E-state index contributed by atoms with van der Waals surface area (Å²) >= 11 is 3.61. The van der Waals surface area contributed by atoms with E-state index in [-0.39, 0.29) is 4.05 Å². The minimum absolute atomic E-state index is 0.240. The van der Waals surface area contributed by atoms with Crippen LogP contribution in [-0.4, -0.2) is 9.22 Å². The Balaban J connectivity index is 3.82. The van der Waals surface area contributed by atoms with E-state index in [2.05, 4.69) is 34.2 Å². The van der Waals surface area contributed by atoms with Gasteiger partial charge in [0.05, 0.1) is 0 Å². The van der Waals surface area contributed by atoms with Crippen LogP contribution in [0.15, 0.2) is 16.5 Å². The molecule has 0 bridgehead atoms. The molecule has 0 aromatic rings. The molecule has 1 unspecified atom stereocenters. The third kappa shape index (κ3) is 6.41. The van der Waals surface area contributed by atoms with Gasteiger partial charge >= 0.3 is 0 Å². The second kappa shape index (κ2) is 5.01. The van der Waals surface area contributed by atoms with Crippen molar-refractivity contribution in [2.24, 2.45) is 10.7 Å². The van der Waals surface area contributed by atoms with Crippen LogP contribution in [0.4, 0.5) is 0 Å². The predicted octanol–water partition coefficient (Wildman–Crippen LogP) is 2.35. The molecule has 0 saturated heterocycles. The first-order valence-corrected chi connectivity index (χ1v) is 4.89. The molecule has 0 aliphatic heterocycles. The maximum absolute atomic E-state index is 5.52. The topological polar surface area (TPSA) is 38.4 Å². The monoisotopic (exact) mass is 270 g/mol. The standard InChI is InChI=1S/C6H11IN2S/c1-4(2)10-6(8)9-5(3)7/h5H,1H2,2-3H3,(H2,8,9). The molecule has 0 aliphatic carbocycles. The van der Waals surface area contributed by atoms with Crippen LogP contribution in [-0.2, 0) is 0 Å². The highest BCUT2D eigenvalue weighted by atomic mass is 127. The molecule has 0 aliphatic rings. The summed E-state index contributed by atoms with van der Waals surface area (Å²) in [6, 6.07) is 0. The van der Waals surface area contributed by atoms with Crippen molar-refractivity contribution in [3.05, 3.63) is 11.5 Å². The maximum Gasteiger partial charge on any atom is 0.159 e. The number of alkyl halides is 1. The molecule has 0 fully saturated rings. The molecule has 0 saturated carbocycles. The molecule has 0 aromatic heterocycles. The van der Waals surface area contributed by atoms with Crippen molar-refractivity contribution in [3.63, 3.8) is 0 Å². The summed E-state index contributed by atoms with van der Waals surface area (Å²) in [6.07, 6.45) is 0. The molecule has 0 radical (unpaired) electrons. The average Bonchev–Trinajstić information content (AvgIpc) is 1.58. The molecule has 0 aromatic carbocycles. The van der Waals surface area contributed by atoms with Gasteiger partial charge in [-0.3, -0.25) is 0 Å². The molecule has 0 rings (SSSR count). The van der Waals surface area contributed by atoms with Crippen molar-refractivity contribution >= 4 is 39.5 Å². The van der Waals surface area contributed by atoms with Crippen LogP contribution in [0, 0.1) is 0 Å². The number of rotatable bonds is 2. The SMILES string of the molecule is C=C(C)S/C(N)=N\C(C)I. The van der Waals surface area contributed by atoms with Crippen molar-refractivity contribution < 1.29 is 0 Å². The van der Waals surface area contributed by atoms with E-state index in [1.165, 1.54) is 11.8 Å². The first kappa shape index (κ1) is 10.3. The summed E-state index contributed by atoms with van der Waals surface area (Å²) < 4.78 is 0.240. The molecular formula is C6H11IN2S. The Bertz CT molecular complexity index is 154. The fourth-order valence-corrected chi connectivity index (χ4v) is 1.44. The minimum atomic E-state index is 0.240. The smallest absolute Gasteiger partial charge is 0.159 e. The number of halogens is 1. The molecule has 0 heterocycles. The van der Waals surface area contributed by atoms with E-state index < -0.39 is 0 Å². The molecule has 4 heteroatoms. The molecule has 0 spiro atoms. The van der Waals surface area contributed by atoms with E-state index in [1.54, 1.807) is 0 Å². The van der Waals surface area contributed by atoms with Crippen LogP contribution in [0.1, 0.15) is 13.8 Å². The summed E-state index contributed by atoms with van der Waals surface area (Å²) in [7, 11) is 0. The van der Waals surface area contributed by atoms with Gasteiger partial charge in [0.2, 0.25) is 0 Å². The largest absolute Gasteiger partial charge is 0.378 e. The normalized spacial score (nSPS) is 14.9. The van der Waals surface area contributed by atoms with Crippen LogP contribution < -0.4 is 5.73 Å². The zero-order valence-electron chi connectivity index (χ0n) is 6.10. The lowest BCUT2D eigenvalue weighted by Gasteiger charge is -1.99. The molecular weight excluding hydrogens is 259 g/mol. The van der Waals surface area contributed by atoms with Gasteiger partial charge in [-0.25, -0.2) is 4.99 Å². The van der Waals surface area contributed by atoms with Crippen LogP contribution >= 0.6 is 34.4 Å². The number of nitrogens with zero attached hydrogens (tertiary/aromatic N) is 1. The second-order valence-corrected chi connectivity index (χ2v) is 4.97. The summed E-state index contributed by atoms with van der Waals surface area (Å²) in [5, 5.41) is 0.592. The lowest BCUT2D eigenvalue weighted by molar-refractivity contribution is 1.09. The number of hydrogen-bond donors (Lipinski definition) is 1. The van der Waals surface area contributed by atoms with Crippen molar-refractivity contribution in [3.8, 4) is 0 Å². The Kier molecular flexibility index (Phi) is 5.15. The van der Waals surface area contributed by atoms with Crippen LogP contribution in [0.5, 0.6) is 0 Å². The van der Waals surface area contributed by atoms with Crippen LogP contribution in [0.2, 0.25) is 0 Å². The molecule has 0 amide bonds. The van der Waals surface area contributed by atoms with Gasteiger partial charge in [0.1, 0.15) is 4.05 Å². The van der Waals surface area contributed by atoms with Crippen molar-refractivity contribution in [1.82, 2.24) is 0 Å². The van der Waals surface area contributed by atoms with E-state index in [9.17, 15) is 0 Å². The van der Waals surface area contributed by atoms with Crippen LogP contribution in [0.3, 0.4) is 0 Å². The van der Waals surface area contributed by atoms with E-state index in [1.807, 2.05) is 13.8 Å². The number of hydrogen-bond acceptors (Lipinski definition) is 2. The third-order valence-corrected chi connectivity index (χ3v) is 1.53. The Hall–Kier alpha value is 0.290. The Labute approximate surface area is 79.5 Å². The fourth-order valence-electron chi connectivity index (χ4n) is 0.380. The highest BCUT2D eigenvalue weighted by Crippen LogP contribution is 2.13. The molecule has 10 heavy (non-hydrogen) atoms. The van der Waals surface area contributed by atoms with Crippen molar-refractivity contribution in [2.75, 3.05) is 0 Å². The first-order valence-electron chi connectivity index (χ1n) is 2.83. The van der Waals surface area contributed by atoms with Gasteiger partial charge in [-0.05, 0) is 18.8 Å². The van der Waals surface area contributed by atoms with E-state index in [0.29, 0.717) is 5.17 Å². The minimum Gasteiger partial charge on any atom is -0.378 e. The van der Waals surface area contributed by atoms with Gasteiger partial charge in [0, 0.05) is 0 Å². The number of allylic oxidation sites excluding steroid dienone is 1. The van der Waals surface area contributed by atoms with Crippen molar-refractivity contribution in [2.45, 2.75) is 17.9 Å². The second-order valence-electron chi connectivity index (χ2n) is 1.85. The van der Waals surface area contributed by atoms with Crippen molar-refractivity contribution in [1.29, 1.82) is 0 Å². The molecule has 2 nitrogen and oxygen atoms in total. The number of amidine groups is 1. The lowest BCUT2D eigenvalue weighted by Crippen LogP contribution is -2.08. The Morgan fingerprint density at radius 1 is 1.80 bits per heavy atom. The number of nitrogens with two attached hydrogens (primary N) is 1. The third-order valence-electron chi connectivity index (χ3n) is 0.584. The number of aliphatic imine (C=N–C) groups is 1. The van der Waals surface area contributed by atoms with E-state index >= 15 is 0 Å². The van der Waals surface area contributed by atoms with E-state index in [4.69, 9.17) is 5.73 Å². The van der Waals surface area contributed by atoms with Gasteiger partial charge in [-0.1, -0.05) is 40.9 Å². The van der Waals surface area contributed by atoms with Gasteiger partial charge < -0.3 is 5.73 Å². The zero-order chi connectivity index (χ0) is 8.15. The Morgan fingerprint density at radius 2 is 2.30 bits per heavy atom. The molecule has 1 atom stereocenters. The molecule has 2 N–H and O–H groups in total. The van der Waals surface area contributed by atoms with Gasteiger partial charge in [-0.2, -0.15) is 0 Å². The quantitative estimate of drug-likeness (QED) is 0.275. The van der Waals surface area contributed by atoms with Gasteiger partial charge in [-0.15, -0.1) is 0 Å². The Morgan fingerprint density at radius 3 is 2.60 bits per heavy atom. The summed E-state index contributed by atoms with van der Waals surface area (Å²) in [4.78, 5) is 5.07. The summed E-state index contributed by atoms with van der Waals surface area (Å²) in [5.74, 6) is 0. The van der Waals surface area contributed by atoms with E-state index in [0.717, 1.165) is 4.91 Å². The first-order chi connectivity index (χ1) is 4.52. The van der Waals surface area contributed by atoms with Gasteiger partial charge in [0.15, 0.2) is 5.17 Å². The maximum atomic E-state index is 5.52. The lowest BCUT2D eigenvalue weighted by atomic mass is 10.8. The highest BCUT2D eigenvalue weighted by molar-refractivity contribution is 14.1. The average molecular weight is 270 g/mol. The molecule has 58 valence electrons. The number of thioether (sulfide) groups is 1.